The van der Waals surface area contributed by atoms with Crippen molar-refractivity contribution in [2.24, 2.45) is 0 Å². The molecule has 1 saturated heterocycles. The predicted octanol–water partition coefficient (Wildman–Crippen LogP) is 3.81. The lowest BCUT2D eigenvalue weighted by Gasteiger charge is -2.34. The molecule has 0 bridgehead atoms. The zero-order valence-electron chi connectivity index (χ0n) is 14.2. The first-order chi connectivity index (χ1) is 12.6. The summed E-state index contributed by atoms with van der Waals surface area (Å²) < 4.78 is 0. The molecule has 3 rings (SSSR count). The van der Waals surface area contributed by atoms with Crippen molar-refractivity contribution in [2.45, 2.75) is 4.90 Å². The van der Waals surface area contributed by atoms with Crippen LogP contribution < -0.4 is 5.32 Å². The summed E-state index contributed by atoms with van der Waals surface area (Å²) >= 11 is 7.36. The molecule has 0 atom stereocenters. The fourth-order valence-electron chi connectivity index (χ4n) is 2.65. The van der Waals surface area contributed by atoms with Crippen LogP contribution in [-0.2, 0) is 4.79 Å². The van der Waals surface area contributed by atoms with Gasteiger partial charge in [-0.15, -0.1) is 11.8 Å². The second-order valence-corrected chi connectivity index (χ2v) is 7.39. The van der Waals surface area contributed by atoms with E-state index in [0.717, 1.165) is 10.6 Å². The largest absolute Gasteiger partial charge is 0.338 e. The van der Waals surface area contributed by atoms with Crippen LogP contribution in [0.3, 0.4) is 0 Å². The van der Waals surface area contributed by atoms with Crippen molar-refractivity contribution >= 4 is 41.0 Å². The smallest absolute Gasteiger partial charge is 0.321 e. The van der Waals surface area contributed by atoms with Gasteiger partial charge in [-0.3, -0.25) is 4.79 Å². The number of amides is 3. The maximum Gasteiger partial charge on any atom is 0.321 e. The minimum absolute atomic E-state index is 0.0908. The Morgan fingerprint density at radius 2 is 1.54 bits per heavy atom. The summed E-state index contributed by atoms with van der Waals surface area (Å²) in [6.07, 6.45) is 0. The molecule has 0 radical (unpaired) electrons. The molecular formula is C19H20ClN3O2S. The number of hydrogen-bond acceptors (Lipinski definition) is 3. The molecule has 26 heavy (non-hydrogen) atoms. The molecule has 3 amide bonds. The van der Waals surface area contributed by atoms with Crippen LogP contribution in [-0.4, -0.2) is 53.7 Å². The molecule has 0 aliphatic carbocycles. The molecule has 1 fully saturated rings. The number of hydrogen-bond donors (Lipinski definition) is 1. The second kappa shape index (κ2) is 8.96. The van der Waals surface area contributed by atoms with Gasteiger partial charge < -0.3 is 15.1 Å². The molecule has 1 heterocycles. The van der Waals surface area contributed by atoms with Gasteiger partial charge in [-0.2, -0.15) is 0 Å². The minimum atomic E-state index is -0.126. The van der Waals surface area contributed by atoms with Crippen molar-refractivity contribution in [2.75, 3.05) is 37.2 Å². The summed E-state index contributed by atoms with van der Waals surface area (Å²) in [6.45, 7) is 2.19. The van der Waals surface area contributed by atoms with Crippen LogP contribution in [0.25, 0.3) is 0 Å². The molecule has 0 saturated carbocycles. The van der Waals surface area contributed by atoms with E-state index in [2.05, 4.69) is 5.32 Å². The van der Waals surface area contributed by atoms with Crippen molar-refractivity contribution < 1.29 is 9.59 Å². The van der Waals surface area contributed by atoms with Crippen molar-refractivity contribution in [3.63, 3.8) is 0 Å². The zero-order chi connectivity index (χ0) is 18.4. The third-order valence-corrected chi connectivity index (χ3v) is 5.37. The Hall–Kier alpha value is -2.18. The molecule has 1 aliphatic heterocycles. The number of urea groups is 1. The van der Waals surface area contributed by atoms with Gasteiger partial charge in [-0.25, -0.2) is 4.79 Å². The van der Waals surface area contributed by atoms with Gasteiger partial charge in [0.25, 0.3) is 0 Å². The standard InChI is InChI=1S/C19H20ClN3O2S/c20-15-6-8-17(9-7-15)26-14-18(24)22-10-12-23(13-11-22)19(25)21-16-4-2-1-3-5-16/h1-9H,10-14H2,(H,21,25). The third-order valence-electron chi connectivity index (χ3n) is 4.12. The van der Waals surface area contributed by atoms with Crippen LogP contribution in [0, 0.1) is 0 Å². The van der Waals surface area contributed by atoms with Crippen LogP contribution in [0.2, 0.25) is 5.02 Å². The monoisotopic (exact) mass is 389 g/mol. The van der Waals surface area contributed by atoms with E-state index in [1.165, 1.54) is 11.8 Å². The van der Waals surface area contributed by atoms with Crippen molar-refractivity contribution in [3.05, 3.63) is 59.6 Å². The highest BCUT2D eigenvalue weighted by molar-refractivity contribution is 8.00. The lowest BCUT2D eigenvalue weighted by molar-refractivity contribution is -0.129. The van der Waals surface area contributed by atoms with Crippen LogP contribution in [0.5, 0.6) is 0 Å². The predicted molar refractivity (Wildman–Crippen MR) is 106 cm³/mol. The third kappa shape index (κ3) is 5.16. The first-order valence-electron chi connectivity index (χ1n) is 8.39. The number of halogens is 1. The molecule has 5 nitrogen and oxygen atoms in total. The number of benzene rings is 2. The highest BCUT2D eigenvalue weighted by Gasteiger charge is 2.24. The van der Waals surface area contributed by atoms with Gasteiger partial charge in [0.2, 0.25) is 5.91 Å². The van der Waals surface area contributed by atoms with E-state index in [9.17, 15) is 9.59 Å². The number of carbonyl (C=O) groups excluding carboxylic acids is 2. The molecular weight excluding hydrogens is 370 g/mol. The summed E-state index contributed by atoms with van der Waals surface area (Å²) in [5.74, 6) is 0.478. The fourth-order valence-corrected chi connectivity index (χ4v) is 3.58. The molecule has 0 unspecified atom stereocenters. The lowest BCUT2D eigenvalue weighted by atomic mass is 10.3. The minimum Gasteiger partial charge on any atom is -0.338 e. The van der Waals surface area contributed by atoms with E-state index in [-0.39, 0.29) is 11.9 Å². The number of carbonyl (C=O) groups is 2. The van der Waals surface area contributed by atoms with E-state index in [4.69, 9.17) is 11.6 Å². The molecule has 1 aliphatic rings. The molecule has 136 valence electrons. The van der Waals surface area contributed by atoms with Crippen LogP contribution in [0.4, 0.5) is 10.5 Å². The number of para-hydroxylation sites is 1. The Bertz CT molecular complexity index is 747. The molecule has 0 aromatic heterocycles. The highest BCUT2D eigenvalue weighted by Crippen LogP contribution is 2.21. The number of piperazine rings is 1. The number of thioether (sulfide) groups is 1. The Labute approximate surface area is 162 Å². The van der Waals surface area contributed by atoms with Gasteiger partial charge in [-0.05, 0) is 36.4 Å². The molecule has 2 aromatic rings. The quantitative estimate of drug-likeness (QED) is 0.809. The summed E-state index contributed by atoms with van der Waals surface area (Å²) in [5, 5.41) is 3.56. The Morgan fingerprint density at radius 1 is 0.923 bits per heavy atom. The second-order valence-electron chi connectivity index (χ2n) is 5.91. The summed E-state index contributed by atoms with van der Waals surface area (Å²) in [5.41, 5.74) is 0.773. The van der Waals surface area contributed by atoms with E-state index >= 15 is 0 Å². The van der Waals surface area contributed by atoms with Crippen LogP contribution in [0.15, 0.2) is 59.5 Å². The molecule has 1 N–H and O–H groups in total. The first-order valence-corrected chi connectivity index (χ1v) is 9.75. The summed E-state index contributed by atoms with van der Waals surface area (Å²) in [7, 11) is 0. The van der Waals surface area contributed by atoms with Crippen molar-refractivity contribution in [3.8, 4) is 0 Å². The van der Waals surface area contributed by atoms with E-state index in [1.807, 2.05) is 59.5 Å². The highest BCUT2D eigenvalue weighted by atomic mass is 35.5. The first kappa shape index (κ1) is 18.6. The van der Waals surface area contributed by atoms with Crippen molar-refractivity contribution in [1.29, 1.82) is 0 Å². The van der Waals surface area contributed by atoms with Gasteiger partial charge in [-0.1, -0.05) is 29.8 Å². The van der Waals surface area contributed by atoms with Gasteiger partial charge in [0, 0.05) is 41.8 Å². The summed E-state index contributed by atoms with van der Waals surface area (Å²) in [6, 6.07) is 16.7. The van der Waals surface area contributed by atoms with Gasteiger partial charge in [0.15, 0.2) is 0 Å². The van der Waals surface area contributed by atoms with E-state index < -0.39 is 0 Å². The number of anilines is 1. The lowest BCUT2D eigenvalue weighted by Crippen LogP contribution is -2.52. The van der Waals surface area contributed by atoms with Crippen LogP contribution in [0.1, 0.15) is 0 Å². The normalized spacial score (nSPS) is 14.2. The summed E-state index contributed by atoms with van der Waals surface area (Å²) in [4.78, 5) is 29.2. The molecule has 2 aromatic carbocycles. The Kier molecular flexibility index (Phi) is 6.41. The fraction of sp³-hybridized carbons (Fsp3) is 0.263. The van der Waals surface area contributed by atoms with E-state index in [0.29, 0.717) is 37.0 Å². The topological polar surface area (TPSA) is 52.7 Å². The maximum atomic E-state index is 12.4. The number of nitrogens with zero attached hydrogens (tertiary/aromatic N) is 2. The van der Waals surface area contributed by atoms with Gasteiger partial charge in [0.1, 0.15) is 0 Å². The SMILES string of the molecule is O=C(CSc1ccc(Cl)cc1)N1CCN(C(=O)Nc2ccccc2)CC1. The Morgan fingerprint density at radius 3 is 2.19 bits per heavy atom. The van der Waals surface area contributed by atoms with Crippen LogP contribution >= 0.6 is 23.4 Å². The Balaban J connectivity index is 1.43. The number of nitrogens with one attached hydrogen (secondary N) is 1. The zero-order valence-corrected chi connectivity index (χ0v) is 15.8. The van der Waals surface area contributed by atoms with E-state index in [1.54, 1.807) is 4.90 Å². The van der Waals surface area contributed by atoms with Gasteiger partial charge in [0.05, 0.1) is 5.75 Å². The maximum absolute atomic E-state index is 12.4. The number of rotatable bonds is 4. The molecule has 7 heteroatoms. The van der Waals surface area contributed by atoms with Crippen molar-refractivity contribution in [1.82, 2.24) is 9.80 Å². The average molecular weight is 390 g/mol. The molecule has 0 spiro atoms. The van der Waals surface area contributed by atoms with Gasteiger partial charge >= 0.3 is 6.03 Å². The average Bonchev–Trinajstić information content (AvgIpc) is 2.68.